The van der Waals surface area contributed by atoms with Crippen LogP contribution in [-0.2, 0) is 21.2 Å². The van der Waals surface area contributed by atoms with E-state index in [1.807, 2.05) is 29.8 Å². The van der Waals surface area contributed by atoms with Crippen LogP contribution in [0.2, 0.25) is 0 Å². The summed E-state index contributed by atoms with van der Waals surface area (Å²) in [4.78, 5) is 33.1. The molecule has 1 aromatic carbocycles. The Morgan fingerprint density at radius 1 is 1.11 bits per heavy atom. The molecule has 0 radical (unpaired) electrons. The molecule has 10 nitrogen and oxygen atoms in total. The van der Waals surface area contributed by atoms with Crippen molar-refractivity contribution in [3.8, 4) is 0 Å². The van der Waals surface area contributed by atoms with Gasteiger partial charge < -0.3 is 5.32 Å². The second-order valence-corrected chi connectivity index (χ2v) is 11.6. The maximum Gasteiger partial charge on any atom is 0.335 e. The van der Waals surface area contributed by atoms with Crippen molar-refractivity contribution in [3.05, 3.63) is 48.4 Å². The van der Waals surface area contributed by atoms with E-state index in [1.165, 1.54) is 20.3 Å². The summed E-state index contributed by atoms with van der Waals surface area (Å²) in [5, 5.41) is 3.50. The molecule has 4 rings (SSSR count). The van der Waals surface area contributed by atoms with E-state index in [0.29, 0.717) is 17.3 Å². The molecule has 1 aliphatic rings. The van der Waals surface area contributed by atoms with Crippen molar-refractivity contribution >= 4 is 50.6 Å². The van der Waals surface area contributed by atoms with Gasteiger partial charge in [0.15, 0.2) is 5.65 Å². The molecule has 1 amide bonds. The summed E-state index contributed by atoms with van der Waals surface area (Å²) in [5.74, 6) is 1.14. The van der Waals surface area contributed by atoms with Crippen molar-refractivity contribution in [1.82, 2.24) is 19.3 Å². The molecule has 2 heterocycles. The summed E-state index contributed by atoms with van der Waals surface area (Å²) < 4.78 is 29.6. The molecule has 3 aromatic rings. The van der Waals surface area contributed by atoms with Gasteiger partial charge in [0.05, 0.1) is 25.4 Å². The first-order valence-corrected chi connectivity index (χ1v) is 14.0. The average Bonchev–Trinajstić information content (AvgIpc) is 3.30. The molecule has 2 aromatic heterocycles. The first kappa shape index (κ1) is 26.6. The van der Waals surface area contributed by atoms with Crippen LogP contribution < -0.4 is 10.0 Å². The number of fused-ring (bicyclic) bond motifs is 1. The lowest BCUT2D eigenvalue weighted by atomic mass is 9.83. The molecule has 196 valence electrons. The maximum absolute atomic E-state index is 13.1. The lowest BCUT2D eigenvalue weighted by Crippen LogP contribution is -2.29. The van der Waals surface area contributed by atoms with Crippen LogP contribution in [0.3, 0.4) is 0 Å². The third-order valence-electron chi connectivity index (χ3n) is 6.78. The zero-order chi connectivity index (χ0) is 26.6. The molecule has 0 unspecified atom stereocenters. The topological polar surface area (TPSA) is 126 Å². The summed E-state index contributed by atoms with van der Waals surface area (Å²) >= 11 is 0. The van der Waals surface area contributed by atoms with Crippen molar-refractivity contribution < 1.29 is 22.6 Å². The fourth-order valence-corrected chi connectivity index (χ4v) is 5.99. The Morgan fingerprint density at radius 3 is 2.46 bits per heavy atom. The Kier molecular flexibility index (Phi) is 8.13. The van der Waals surface area contributed by atoms with Gasteiger partial charge in [-0.15, -0.1) is 0 Å². The van der Waals surface area contributed by atoms with Crippen molar-refractivity contribution in [2.45, 2.75) is 39.0 Å². The van der Waals surface area contributed by atoms with Gasteiger partial charge in [-0.1, -0.05) is 12.1 Å². The van der Waals surface area contributed by atoms with E-state index < -0.39 is 10.0 Å². The normalized spacial score (nSPS) is 18.6. The molecule has 37 heavy (non-hydrogen) atoms. The first-order chi connectivity index (χ1) is 17.6. The SMILES string of the molecule is CNS(=O)(=O)CC1CCC(/C=[N+](/C)c2ncnc3c2ccn3C(=O)Cc2ccc(NC(C)=O)cc2)CC1. The van der Waals surface area contributed by atoms with E-state index in [0.717, 1.165) is 42.5 Å². The smallest absolute Gasteiger partial charge is 0.326 e. The minimum Gasteiger partial charge on any atom is -0.326 e. The van der Waals surface area contributed by atoms with Crippen LogP contribution in [-0.4, -0.2) is 65.4 Å². The largest absolute Gasteiger partial charge is 0.335 e. The molecule has 0 aliphatic heterocycles. The Balaban J connectivity index is 1.45. The van der Waals surface area contributed by atoms with Crippen molar-refractivity contribution in [3.63, 3.8) is 0 Å². The second kappa shape index (κ2) is 11.3. The van der Waals surface area contributed by atoms with E-state index in [-0.39, 0.29) is 29.9 Å². The minimum atomic E-state index is -3.19. The highest BCUT2D eigenvalue weighted by Gasteiger charge is 2.26. The van der Waals surface area contributed by atoms with Gasteiger partial charge in [-0.05, 0) is 67.4 Å². The lowest BCUT2D eigenvalue weighted by Gasteiger charge is -2.25. The predicted molar refractivity (Wildman–Crippen MR) is 143 cm³/mol. The number of hydrogen-bond acceptors (Lipinski definition) is 6. The highest BCUT2D eigenvalue weighted by molar-refractivity contribution is 7.89. The summed E-state index contributed by atoms with van der Waals surface area (Å²) in [5.41, 5.74) is 2.06. The van der Waals surface area contributed by atoms with Gasteiger partial charge in [0.25, 0.3) is 0 Å². The molecule has 0 atom stereocenters. The zero-order valence-corrected chi connectivity index (χ0v) is 22.2. The molecule has 0 spiro atoms. The molecule has 2 N–H and O–H groups in total. The second-order valence-electron chi connectivity index (χ2n) is 9.60. The maximum atomic E-state index is 13.1. The molecule has 11 heteroatoms. The molecule has 1 fully saturated rings. The van der Waals surface area contributed by atoms with E-state index in [4.69, 9.17) is 0 Å². The molecular weight excluding hydrogens is 492 g/mol. The Morgan fingerprint density at radius 2 is 1.81 bits per heavy atom. The van der Waals surface area contributed by atoms with Gasteiger partial charge >= 0.3 is 5.82 Å². The van der Waals surface area contributed by atoms with Crippen LogP contribution in [0.15, 0.2) is 42.9 Å². The number of nitrogens with zero attached hydrogens (tertiary/aromatic N) is 4. The van der Waals surface area contributed by atoms with Crippen LogP contribution in [0, 0.1) is 11.8 Å². The van der Waals surface area contributed by atoms with Gasteiger partial charge in [0.1, 0.15) is 5.39 Å². The van der Waals surface area contributed by atoms with Crippen LogP contribution in [0.1, 0.15) is 43.0 Å². The number of sulfonamides is 1. The van der Waals surface area contributed by atoms with Crippen molar-refractivity contribution in [1.29, 1.82) is 0 Å². The Labute approximate surface area is 216 Å². The van der Waals surface area contributed by atoms with Gasteiger partial charge in [0, 0.05) is 24.7 Å². The van der Waals surface area contributed by atoms with E-state index in [1.54, 1.807) is 22.9 Å². The standard InChI is InChI=1S/C26H32N6O4S/c1-18(33)30-22-10-8-19(9-11-22)14-24(34)32-13-12-23-25(28-17-29-26(23)32)31(3)15-20-4-6-21(7-5-20)16-37(35,36)27-2/h8-13,15,17,20-21,27H,4-7,14,16H2,1-3H3/p+1/b31-15-. The van der Waals surface area contributed by atoms with Gasteiger partial charge in [0.2, 0.25) is 28.2 Å². The van der Waals surface area contributed by atoms with Crippen LogP contribution in [0.4, 0.5) is 11.5 Å². The highest BCUT2D eigenvalue weighted by atomic mass is 32.2. The fourth-order valence-electron chi connectivity index (χ4n) is 4.87. The van der Waals surface area contributed by atoms with Gasteiger partial charge in [-0.3, -0.25) is 14.2 Å². The first-order valence-electron chi connectivity index (χ1n) is 12.4. The minimum absolute atomic E-state index is 0.117. The third kappa shape index (κ3) is 6.66. The number of amides is 1. The molecule has 0 bridgehead atoms. The third-order valence-corrected chi connectivity index (χ3v) is 8.32. The van der Waals surface area contributed by atoms with Gasteiger partial charge in [-0.2, -0.15) is 4.98 Å². The average molecular weight is 526 g/mol. The summed E-state index contributed by atoms with van der Waals surface area (Å²) in [6.45, 7) is 1.45. The van der Waals surface area contributed by atoms with Gasteiger partial charge in [-0.25, -0.2) is 17.7 Å². The lowest BCUT2D eigenvalue weighted by molar-refractivity contribution is -0.405. The number of carbonyl (C=O) groups is 2. The molecule has 1 aliphatic carbocycles. The summed E-state index contributed by atoms with van der Waals surface area (Å²) in [7, 11) is 0.207. The molecular formula is C26H33N6O4S+. The highest BCUT2D eigenvalue weighted by Crippen LogP contribution is 2.29. The number of nitrogens with one attached hydrogen (secondary N) is 2. The van der Waals surface area contributed by atoms with Crippen LogP contribution >= 0.6 is 0 Å². The Bertz CT molecular complexity index is 1420. The monoisotopic (exact) mass is 525 g/mol. The fraction of sp³-hybridized carbons (Fsp3) is 0.423. The van der Waals surface area contributed by atoms with Crippen molar-refractivity contribution in [2.24, 2.45) is 11.8 Å². The predicted octanol–water partition coefficient (Wildman–Crippen LogP) is 2.97. The van der Waals surface area contributed by atoms with Crippen LogP contribution in [0.5, 0.6) is 0 Å². The molecule has 0 saturated heterocycles. The molecule has 1 saturated carbocycles. The zero-order valence-electron chi connectivity index (χ0n) is 21.3. The van der Waals surface area contributed by atoms with Crippen LogP contribution in [0.25, 0.3) is 11.0 Å². The van der Waals surface area contributed by atoms with E-state index in [9.17, 15) is 18.0 Å². The number of anilines is 1. The van der Waals surface area contributed by atoms with E-state index in [2.05, 4.69) is 26.2 Å². The summed E-state index contributed by atoms with van der Waals surface area (Å²) in [6.07, 6.45) is 9.09. The van der Waals surface area contributed by atoms with E-state index >= 15 is 0 Å². The Hall–Kier alpha value is -3.44. The number of hydrogen-bond donors (Lipinski definition) is 2. The number of rotatable bonds is 8. The summed E-state index contributed by atoms with van der Waals surface area (Å²) in [6, 6.07) is 9.04. The number of benzene rings is 1. The number of aromatic nitrogens is 3. The number of carbonyl (C=O) groups excluding carboxylic acids is 2. The quantitative estimate of drug-likeness (QED) is 0.344. The van der Waals surface area contributed by atoms with Crippen molar-refractivity contribution in [2.75, 3.05) is 25.2 Å².